The summed E-state index contributed by atoms with van der Waals surface area (Å²) in [7, 11) is 0. The molecule has 0 spiro atoms. The lowest BCUT2D eigenvalue weighted by molar-refractivity contribution is 0.404. The molecule has 1 aromatic heterocycles. The summed E-state index contributed by atoms with van der Waals surface area (Å²) < 4.78 is 2.11. The average molecular weight is 250 g/mol. The molecule has 1 aliphatic carbocycles. The normalized spacial score (nSPS) is 18.4. The average Bonchev–Trinajstić information content (AvgIpc) is 3.04. The highest BCUT2D eigenvalue weighted by molar-refractivity contribution is 4.94. The molecule has 0 radical (unpaired) electrons. The summed E-state index contributed by atoms with van der Waals surface area (Å²) in [5.74, 6) is 2.09. The predicted molar refractivity (Wildman–Crippen MR) is 73.7 cm³/mol. The van der Waals surface area contributed by atoms with Crippen molar-refractivity contribution in [2.24, 2.45) is 0 Å². The summed E-state index contributed by atoms with van der Waals surface area (Å²) in [6.45, 7) is 7.50. The maximum atomic E-state index is 4.61. The van der Waals surface area contributed by atoms with Crippen molar-refractivity contribution in [1.29, 1.82) is 0 Å². The Morgan fingerprint density at radius 2 is 2.00 bits per heavy atom. The zero-order valence-electron chi connectivity index (χ0n) is 11.9. The number of hydrogen-bond acceptors (Lipinski definition) is 3. The van der Waals surface area contributed by atoms with E-state index < -0.39 is 0 Å². The van der Waals surface area contributed by atoms with Gasteiger partial charge in [-0.1, -0.05) is 26.7 Å². The van der Waals surface area contributed by atoms with Gasteiger partial charge in [0.2, 0.25) is 0 Å². The number of aromatic nitrogens is 3. The Kier molecular flexibility index (Phi) is 4.75. The van der Waals surface area contributed by atoms with Crippen molar-refractivity contribution in [2.75, 3.05) is 6.54 Å². The van der Waals surface area contributed by atoms with Crippen molar-refractivity contribution >= 4 is 0 Å². The van der Waals surface area contributed by atoms with Crippen molar-refractivity contribution in [3.05, 3.63) is 11.6 Å². The molecular formula is C14H26N4. The SMILES string of the molecule is CCc1nc(CC)n(C(C)CNC2CCCC2)n1. The van der Waals surface area contributed by atoms with Crippen LogP contribution in [0.3, 0.4) is 0 Å². The Morgan fingerprint density at radius 3 is 2.61 bits per heavy atom. The van der Waals surface area contributed by atoms with Crippen molar-refractivity contribution in [3.63, 3.8) is 0 Å². The largest absolute Gasteiger partial charge is 0.312 e. The van der Waals surface area contributed by atoms with Gasteiger partial charge in [0.15, 0.2) is 5.82 Å². The van der Waals surface area contributed by atoms with Crippen LogP contribution in [0, 0.1) is 0 Å². The van der Waals surface area contributed by atoms with E-state index in [-0.39, 0.29) is 0 Å². The molecule has 18 heavy (non-hydrogen) atoms. The van der Waals surface area contributed by atoms with Crippen LogP contribution in [0.2, 0.25) is 0 Å². The standard InChI is InChI=1S/C14H26N4/c1-4-13-16-14(5-2)18(17-13)11(3)10-15-12-8-6-7-9-12/h11-12,15H,4-10H2,1-3H3. The van der Waals surface area contributed by atoms with E-state index >= 15 is 0 Å². The van der Waals surface area contributed by atoms with Crippen LogP contribution in [0.4, 0.5) is 0 Å². The monoisotopic (exact) mass is 250 g/mol. The third-order valence-corrected chi connectivity index (χ3v) is 3.85. The van der Waals surface area contributed by atoms with Gasteiger partial charge in [-0.3, -0.25) is 0 Å². The topological polar surface area (TPSA) is 42.7 Å². The highest BCUT2D eigenvalue weighted by Crippen LogP contribution is 2.18. The molecule has 102 valence electrons. The first-order valence-electron chi connectivity index (χ1n) is 7.42. The van der Waals surface area contributed by atoms with Gasteiger partial charge in [-0.15, -0.1) is 0 Å². The Morgan fingerprint density at radius 1 is 1.28 bits per heavy atom. The summed E-state index contributed by atoms with van der Waals surface area (Å²) in [6, 6.07) is 1.13. The number of hydrogen-bond donors (Lipinski definition) is 1. The molecule has 1 aliphatic rings. The third kappa shape index (κ3) is 3.10. The fourth-order valence-electron chi connectivity index (χ4n) is 2.70. The van der Waals surface area contributed by atoms with E-state index in [4.69, 9.17) is 0 Å². The van der Waals surface area contributed by atoms with Crippen LogP contribution in [0.25, 0.3) is 0 Å². The van der Waals surface area contributed by atoms with E-state index in [1.807, 2.05) is 0 Å². The molecule has 1 atom stereocenters. The van der Waals surface area contributed by atoms with Gasteiger partial charge in [-0.2, -0.15) is 5.10 Å². The lowest BCUT2D eigenvalue weighted by Gasteiger charge is -2.18. The fraction of sp³-hybridized carbons (Fsp3) is 0.857. The molecule has 0 saturated heterocycles. The molecule has 1 unspecified atom stereocenters. The van der Waals surface area contributed by atoms with Gasteiger partial charge in [0.25, 0.3) is 0 Å². The molecule has 1 N–H and O–H groups in total. The predicted octanol–water partition coefficient (Wildman–Crippen LogP) is 2.50. The van der Waals surface area contributed by atoms with Crippen molar-refractivity contribution in [3.8, 4) is 0 Å². The van der Waals surface area contributed by atoms with Crippen LogP contribution >= 0.6 is 0 Å². The minimum Gasteiger partial charge on any atom is -0.312 e. The smallest absolute Gasteiger partial charge is 0.150 e. The van der Waals surface area contributed by atoms with E-state index in [1.165, 1.54) is 25.7 Å². The Bertz CT molecular complexity index is 366. The molecule has 1 fully saturated rings. The zero-order valence-corrected chi connectivity index (χ0v) is 11.9. The van der Waals surface area contributed by atoms with E-state index in [9.17, 15) is 0 Å². The first-order chi connectivity index (χ1) is 8.74. The van der Waals surface area contributed by atoms with Gasteiger partial charge in [-0.05, 0) is 19.8 Å². The highest BCUT2D eigenvalue weighted by Gasteiger charge is 2.17. The minimum atomic E-state index is 0.397. The molecule has 2 rings (SSSR count). The second-order valence-corrected chi connectivity index (χ2v) is 5.33. The van der Waals surface area contributed by atoms with Crippen molar-refractivity contribution in [2.45, 2.75) is 71.4 Å². The van der Waals surface area contributed by atoms with Crippen LogP contribution in [0.5, 0.6) is 0 Å². The number of aryl methyl sites for hydroxylation is 2. The molecule has 0 aromatic carbocycles. The lowest BCUT2D eigenvalue weighted by atomic mass is 10.2. The van der Waals surface area contributed by atoms with E-state index in [2.05, 4.69) is 40.9 Å². The minimum absolute atomic E-state index is 0.397. The molecule has 1 saturated carbocycles. The van der Waals surface area contributed by atoms with Crippen LogP contribution in [0.15, 0.2) is 0 Å². The molecule has 4 nitrogen and oxygen atoms in total. The van der Waals surface area contributed by atoms with Crippen LogP contribution in [-0.2, 0) is 12.8 Å². The lowest BCUT2D eigenvalue weighted by Crippen LogP contribution is -2.32. The van der Waals surface area contributed by atoms with Gasteiger partial charge in [0.1, 0.15) is 5.82 Å². The van der Waals surface area contributed by atoms with Crippen molar-refractivity contribution in [1.82, 2.24) is 20.1 Å². The summed E-state index contributed by atoms with van der Waals surface area (Å²) in [5.41, 5.74) is 0. The number of nitrogens with zero attached hydrogens (tertiary/aromatic N) is 3. The Balaban J connectivity index is 1.94. The summed E-state index contributed by atoms with van der Waals surface area (Å²) in [6.07, 6.45) is 7.32. The summed E-state index contributed by atoms with van der Waals surface area (Å²) in [4.78, 5) is 4.57. The molecule has 1 heterocycles. The van der Waals surface area contributed by atoms with Gasteiger partial charge in [0.05, 0.1) is 6.04 Å². The summed E-state index contributed by atoms with van der Waals surface area (Å²) >= 11 is 0. The van der Waals surface area contributed by atoms with Gasteiger partial charge < -0.3 is 5.32 Å². The van der Waals surface area contributed by atoms with Crippen LogP contribution < -0.4 is 5.32 Å². The second-order valence-electron chi connectivity index (χ2n) is 5.33. The first-order valence-corrected chi connectivity index (χ1v) is 7.42. The van der Waals surface area contributed by atoms with E-state index in [1.54, 1.807) is 0 Å². The molecular weight excluding hydrogens is 224 g/mol. The van der Waals surface area contributed by atoms with Gasteiger partial charge >= 0.3 is 0 Å². The Hall–Kier alpha value is -0.900. The van der Waals surface area contributed by atoms with Crippen LogP contribution in [0.1, 0.15) is 64.1 Å². The number of nitrogens with one attached hydrogen (secondary N) is 1. The first kappa shape index (κ1) is 13.5. The molecule has 0 bridgehead atoms. The number of rotatable bonds is 6. The highest BCUT2D eigenvalue weighted by atomic mass is 15.4. The summed E-state index contributed by atoms with van der Waals surface area (Å²) in [5, 5.41) is 8.28. The van der Waals surface area contributed by atoms with E-state index in [0.717, 1.165) is 37.1 Å². The second kappa shape index (κ2) is 6.32. The fourth-order valence-corrected chi connectivity index (χ4v) is 2.70. The maximum absolute atomic E-state index is 4.61. The maximum Gasteiger partial charge on any atom is 0.150 e. The molecule has 0 aliphatic heterocycles. The third-order valence-electron chi connectivity index (χ3n) is 3.85. The van der Waals surface area contributed by atoms with E-state index in [0.29, 0.717) is 6.04 Å². The molecule has 4 heteroatoms. The van der Waals surface area contributed by atoms with Gasteiger partial charge in [0, 0.05) is 25.4 Å². The van der Waals surface area contributed by atoms with Crippen LogP contribution in [-0.4, -0.2) is 27.4 Å². The quantitative estimate of drug-likeness (QED) is 0.843. The van der Waals surface area contributed by atoms with Crippen molar-refractivity contribution < 1.29 is 0 Å². The zero-order chi connectivity index (χ0) is 13.0. The molecule has 1 aromatic rings. The molecule has 0 amide bonds. The van der Waals surface area contributed by atoms with Gasteiger partial charge in [-0.25, -0.2) is 9.67 Å². The Labute approximate surface area is 110 Å².